The van der Waals surface area contributed by atoms with Gasteiger partial charge in [0.1, 0.15) is 29.3 Å². The van der Waals surface area contributed by atoms with Crippen LogP contribution in [0.25, 0.3) is 10.9 Å². The maximum atomic E-state index is 13.3. The number of hydrogen-bond acceptors (Lipinski definition) is 5. The van der Waals surface area contributed by atoms with Crippen molar-refractivity contribution in [1.82, 2.24) is 15.2 Å². The molecule has 2 aromatic rings. The SMILES string of the molecule is COc1cccc2[nH]c(C(=O)N(C)C(CC3CC3)C(=O)NC(C#N)CC3CCCCC3=O)cc12. The molecule has 0 bridgehead atoms. The number of benzene rings is 1. The van der Waals surface area contributed by atoms with E-state index in [2.05, 4.69) is 16.4 Å². The van der Waals surface area contributed by atoms with Gasteiger partial charge < -0.3 is 19.9 Å². The molecule has 0 saturated heterocycles. The van der Waals surface area contributed by atoms with E-state index in [1.807, 2.05) is 18.2 Å². The summed E-state index contributed by atoms with van der Waals surface area (Å²) in [5.41, 5.74) is 1.15. The molecule has 0 aliphatic heterocycles. The van der Waals surface area contributed by atoms with E-state index in [9.17, 15) is 19.6 Å². The topological polar surface area (TPSA) is 115 Å². The van der Waals surface area contributed by atoms with Crippen molar-refractivity contribution in [3.05, 3.63) is 30.0 Å². The van der Waals surface area contributed by atoms with Crippen molar-refractivity contribution in [3.63, 3.8) is 0 Å². The van der Waals surface area contributed by atoms with Crippen LogP contribution in [-0.4, -0.2) is 53.7 Å². The summed E-state index contributed by atoms with van der Waals surface area (Å²) < 4.78 is 5.39. The molecule has 8 heteroatoms. The molecule has 1 aromatic heterocycles. The number of ketones is 1. The number of rotatable bonds is 9. The molecule has 2 aliphatic rings. The summed E-state index contributed by atoms with van der Waals surface area (Å²) in [5, 5.41) is 13.3. The van der Waals surface area contributed by atoms with Gasteiger partial charge >= 0.3 is 0 Å². The number of aromatic nitrogens is 1. The highest BCUT2D eigenvalue weighted by Gasteiger charge is 2.36. The van der Waals surface area contributed by atoms with Crippen molar-refractivity contribution in [3.8, 4) is 11.8 Å². The van der Waals surface area contributed by atoms with E-state index in [-0.39, 0.29) is 23.5 Å². The maximum Gasteiger partial charge on any atom is 0.270 e. The molecule has 1 aromatic carbocycles. The molecule has 180 valence electrons. The fourth-order valence-electron chi connectivity index (χ4n) is 4.86. The number of amides is 2. The van der Waals surface area contributed by atoms with E-state index in [1.54, 1.807) is 20.2 Å². The van der Waals surface area contributed by atoms with Crippen molar-refractivity contribution in [2.45, 2.75) is 63.5 Å². The normalized spacial score (nSPS) is 19.8. The fraction of sp³-hybridized carbons (Fsp3) is 0.538. The number of Topliss-reactive ketones (excluding diaryl/α,β-unsaturated/α-hetero) is 1. The summed E-state index contributed by atoms with van der Waals surface area (Å²) in [5.74, 6) is 0.422. The Morgan fingerprint density at radius 1 is 1.26 bits per heavy atom. The number of aromatic amines is 1. The molecule has 0 radical (unpaired) electrons. The minimum absolute atomic E-state index is 0.178. The Bertz CT molecular complexity index is 1110. The van der Waals surface area contributed by atoms with Crippen molar-refractivity contribution >= 4 is 28.5 Å². The van der Waals surface area contributed by atoms with E-state index in [1.165, 1.54) is 4.90 Å². The zero-order valence-electron chi connectivity index (χ0n) is 19.8. The van der Waals surface area contributed by atoms with Gasteiger partial charge in [-0.15, -0.1) is 0 Å². The molecule has 3 atom stereocenters. The van der Waals surface area contributed by atoms with E-state index in [0.29, 0.717) is 36.6 Å². The fourth-order valence-corrected chi connectivity index (χ4v) is 4.86. The number of nitriles is 1. The van der Waals surface area contributed by atoms with Crippen molar-refractivity contribution < 1.29 is 19.1 Å². The third kappa shape index (κ3) is 5.24. The first-order valence-corrected chi connectivity index (χ1v) is 12.1. The van der Waals surface area contributed by atoms with Gasteiger partial charge in [0, 0.05) is 30.3 Å². The lowest BCUT2D eigenvalue weighted by molar-refractivity contribution is -0.128. The smallest absolute Gasteiger partial charge is 0.270 e. The number of fused-ring (bicyclic) bond motifs is 1. The van der Waals surface area contributed by atoms with Crippen molar-refractivity contribution in [2.75, 3.05) is 14.2 Å². The third-order valence-electron chi connectivity index (χ3n) is 7.09. The number of likely N-dealkylation sites (N-methyl/N-ethyl adjacent to an activating group) is 1. The molecule has 0 spiro atoms. The van der Waals surface area contributed by atoms with Gasteiger partial charge in [-0.05, 0) is 49.8 Å². The number of carbonyl (C=O) groups excluding carboxylic acids is 3. The predicted octanol–water partition coefficient (Wildman–Crippen LogP) is 3.57. The molecular formula is C26H32N4O4. The molecule has 2 fully saturated rings. The Kier molecular flexibility index (Phi) is 7.20. The van der Waals surface area contributed by atoms with Crippen LogP contribution in [0.2, 0.25) is 0 Å². The predicted molar refractivity (Wildman–Crippen MR) is 127 cm³/mol. The average molecular weight is 465 g/mol. The minimum atomic E-state index is -0.748. The van der Waals surface area contributed by atoms with Crippen LogP contribution in [0.3, 0.4) is 0 Å². The highest BCUT2D eigenvalue weighted by atomic mass is 16.5. The van der Waals surface area contributed by atoms with Crippen LogP contribution in [0.4, 0.5) is 0 Å². The molecular weight excluding hydrogens is 432 g/mol. The second-order valence-corrected chi connectivity index (χ2v) is 9.55. The van der Waals surface area contributed by atoms with E-state index >= 15 is 0 Å². The zero-order chi connectivity index (χ0) is 24.2. The number of ether oxygens (including phenoxy) is 1. The highest BCUT2D eigenvalue weighted by molar-refractivity contribution is 6.01. The van der Waals surface area contributed by atoms with E-state index in [0.717, 1.165) is 43.0 Å². The summed E-state index contributed by atoms with van der Waals surface area (Å²) in [7, 11) is 3.21. The Balaban J connectivity index is 1.49. The van der Waals surface area contributed by atoms with Crippen LogP contribution < -0.4 is 10.1 Å². The first-order valence-electron chi connectivity index (χ1n) is 12.1. The number of nitrogens with zero attached hydrogens (tertiary/aromatic N) is 2. The van der Waals surface area contributed by atoms with Crippen LogP contribution in [0, 0.1) is 23.2 Å². The second-order valence-electron chi connectivity index (χ2n) is 9.55. The lowest BCUT2D eigenvalue weighted by Gasteiger charge is -2.29. The molecule has 2 aliphatic carbocycles. The van der Waals surface area contributed by atoms with Gasteiger partial charge in [-0.1, -0.05) is 25.3 Å². The Hall–Kier alpha value is -3.34. The van der Waals surface area contributed by atoms with Crippen LogP contribution >= 0.6 is 0 Å². The van der Waals surface area contributed by atoms with Crippen LogP contribution in [0.5, 0.6) is 5.75 Å². The summed E-state index contributed by atoms with van der Waals surface area (Å²) in [6.45, 7) is 0. The highest BCUT2D eigenvalue weighted by Crippen LogP contribution is 2.35. The summed E-state index contributed by atoms with van der Waals surface area (Å²) >= 11 is 0. The second kappa shape index (κ2) is 10.3. The van der Waals surface area contributed by atoms with E-state index < -0.39 is 12.1 Å². The van der Waals surface area contributed by atoms with Crippen LogP contribution in [0.1, 0.15) is 61.9 Å². The standard InChI is InChI=1S/C26H32N4O4/c1-30(26(33)21-14-19-20(29-21)7-5-9-24(19)34-2)22(12-16-10-11-16)25(32)28-18(15-27)13-17-6-3-4-8-23(17)31/h5,7,9,14,16-18,22,29H,3-4,6,8,10-13H2,1-2H3,(H,28,32). The van der Waals surface area contributed by atoms with Crippen molar-refractivity contribution in [1.29, 1.82) is 5.26 Å². The Labute approximate surface area is 199 Å². The number of hydrogen-bond donors (Lipinski definition) is 2. The lowest BCUT2D eigenvalue weighted by Crippen LogP contribution is -2.51. The Morgan fingerprint density at radius 2 is 2.06 bits per heavy atom. The van der Waals surface area contributed by atoms with Gasteiger partial charge in [0.2, 0.25) is 5.91 Å². The molecule has 2 amide bonds. The summed E-state index contributed by atoms with van der Waals surface area (Å²) in [6.07, 6.45) is 6.14. The zero-order valence-corrected chi connectivity index (χ0v) is 19.8. The molecule has 34 heavy (non-hydrogen) atoms. The first-order chi connectivity index (χ1) is 16.4. The monoisotopic (exact) mass is 464 g/mol. The summed E-state index contributed by atoms with van der Waals surface area (Å²) in [4.78, 5) is 43.4. The van der Waals surface area contributed by atoms with Crippen LogP contribution in [-0.2, 0) is 9.59 Å². The minimum Gasteiger partial charge on any atom is -0.496 e. The van der Waals surface area contributed by atoms with Crippen LogP contribution in [0.15, 0.2) is 24.3 Å². The molecule has 8 nitrogen and oxygen atoms in total. The third-order valence-corrected chi connectivity index (χ3v) is 7.09. The number of methoxy groups -OCH3 is 1. The Morgan fingerprint density at radius 3 is 2.74 bits per heavy atom. The van der Waals surface area contributed by atoms with Gasteiger partial charge in [-0.25, -0.2) is 0 Å². The molecule has 2 N–H and O–H groups in total. The molecule has 2 saturated carbocycles. The van der Waals surface area contributed by atoms with Crippen molar-refractivity contribution in [2.24, 2.45) is 11.8 Å². The average Bonchev–Trinajstić information content (AvgIpc) is 3.56. The van der Waals surface area contributed by atoms with Gasteiger partial charge in [0.15, 0.2) is 0 Å². The quantitative estimate of drug-likeness (QED) is 0.589. The number of H-pyrrole nitrogens is 1. The first kappa shape index (κ1) is 23.8. The molecule has 1 heterocycles. The summed E-state index contributed by atoms with van der Waals surface area (Å²) in [6, 6.07) is 8.00. The molecule has 3 unspecified atom stereocenters. The number of nitrogens with one attached hydrogen (secondary N) is 2. The molecule has 4 rings (SSSR count). The lowest BCUT2D eigenvalue weighted by atomic mass is 9.84. The van der Waals surface area contributed by atoms with Gasteiger partial charge in [0.05, 0.1) is 13.2 Å². The van der Waals surface area contributed by atoms with E-state index in [4.69, 9.17) is 4.74 Å². The van der Waals surface area contributed by atoms with Gasteiger partial charge in [0.25, 0.3) is 5.91 Å². The maximum absolute atomic E-state index is 13.3. The van der Waals surface area contributed by atoms with Gasteiger partial charge in [-0.3, -0.25) is 14.4 Å². The largest absolute Gasteiger partial charge is 0.496 e. The van der Waals surface area contributed by atoms with Gasteiger partial charge in [-0.2, -0.15) is 5.26 Å². The number of carbonyl (C=O) groups is 3.